The predicted molar refractivity (Wildman–Crippen MR) is 105 cm³/mol. The second-order valence-electron chi connectivity index (χ2n) is 8.02. The lowest BCUT2D eigenvalue weighted by Crippen LogP contribution is -3.12. The van der Waals surface area contributed by atoms with Crippen LogP contribution in [-0.4, -0.2) is 32.2 Å². The lowest BCUT2D eigenvalue weighted by atomic mass is 9.87. The molecule has 1 amide bonds. The Morgan fingerprint density at radius 3 is 2.19 bits per heavy atom. The highest BCUT2D eigenvalue weighted by Gasteiger charge is 2.15. The zero-order valence-corrected chi connectivity index (χ0v) is 16.0. The first-order chi connectivity index (χ1) is 12.4. The first-order valence-corrected chi connectivity index (χ1v) is 9.34. The van der Waals surface area contributed by atoms with Gasteiger partial charge in [0.25, 0.3) is 5.91 Å². The van der Waals surface area contributed by atoms with Crippen LogP contribution in [0.25, 0.3) is 0 Å². The monoisotopic (exact) mass is 353 g/mol. The van der Waals surface area contributed by atoms with Gasteiger partial charge >= 0.3 is 0 Å². The fourth-order valence-corrected chi connectivity index (χ4v) is 3.16. The van der Waals surface area contributed by atoms with Crippen molar-refractivity contribution in [3.8, 4) is 0 Å². The molecule has 0 aliphatic carbocycles. The summed E-state index contributed by atoms with van der Waals surface area (Å²) in [6.07, 6.45) is 0. The summed E-state index contributed by atoms with van der Waals surface area (Å²) < 4.78 is 5.40. The zero-order valence-electron chi connectivity index (χ0n) is 16.0. The highest BCUT2D eigenvalue weighted by Crippen LogP contribution is 2.23. The Hall–Kier alpha value is -2.17. The van der Waals surface area contributed by atoms with Gasteiger partial charge in [0.15, 0.2) is 0 Å². The average molecular weight is 353 g/mol. The van der Waals surface area contributed by atoms with E-state index >= 15 is 0 Å². The minimum atomic E-state index is -0.0706. The molecule has 1 heterocycles. The Morgan fingerprint density at radius 2 is 1.62 bits per heavy atom. The third-order valence-corrected chi connectivity index (χ3v) is 4.88. The van der Waals surface area contributed by atoms with Crippen molar-refractivity contribution < 1.29 is 14.4 Å². The van der Waals surface area contributed by atoms with Gasteiger partial charge in [-0.05, 0) is 35.2 Å². The van der Waals surface area contributed by atoms with Crippen molar-refractivity contribution in [1.29, 1.82) is 0 Å². The number of morpholine rings is 1. The second kappa shape index (κ2) is 8.02. The minimum Gasteiger partial charge on any atom is -0.370 e. The molecule has 0 unspecified atom stereocenters. The predicted octanol–water partition coefficient (Wildman–Crippen LogP) is 2.65. The molecule has 0 saturated carbocycles. The number of amides is 1. The molecule has 2 aromatic rings. The molecule has 1 aliphatic heterocycles. The lowest BCUT2D eigenvalue weighted by molar-refractivity contribution is -0.921. The minimum absolute atomic E-state index is 0.0706. The first-order valence-electron chi connectivity index (χ1n) is 9.34. The van der Waals surface area contributed by atoms with Crippen LogP contribution in [0.5, 0.6) is 0 Å². The lowest BCUT2D eigenvalue weighted by Gasteiger charge is -2.23. The summed E-state index contributed by atoms with van der Waals surface area (Å²) in [6, 6.07) is 16.0. The van der Waals surface area contributed by atoms with Crippen LogP contribution in [0.1, 0.15) is 42.3 Å². The van der Waals surface area contributed by atoms with Crippen molar-refractivity contribution in [3.05, 3.63) is 65.2 Å². The van der Waals surface area contributed by atoms with Crippen molar-refractivity contribution in [1.82, 2.24) is 0 Å². The van der Waals surface area contributed by atoms with Crippen molar-refractivity contribution in [3.63, 3.8) is 0 Å². The highest BCUT2D eigenvalue weighted by atomic mass is 16.5. The van der Waals surface area contributed by atoms with E-state index in [1.165, 1.54) is 16.0 Å². The number of nitrogens with one attached hydrogen (secondary N) is 2. The smallest absolute Gasteiger partial charge is 0.255 e. The first kappa shape index (κ1) is 18.6. The molecule has 26 heavy (non-hydrogen) atoms. The molecular formula is C22H29N2O2+. The molecule has 1 saturated heterocycles. The molecule has 0 spiro atoms. The third-order valence-electron chi connectivity index (χ3n) is 4.88. The maximum Gasteiger partial charge on any atom is 0.255 e. The van der Waals surface area contributed by atoms with E-state index < -0.39 is 0 Å². The zero-order chi connectivity index (χ0) is 18.6. The van der Waals surface area contributed by atoms with Gasteiger partial charge in [-0.15, -0.1) is 0 Å². The molecule has 2 N–H and O–H groups in total. The fraction of sp³-hybridized carbons (Fsp3) is 0.409. The number of benzene rings is 2. The van der Waals surface area contributed by atoms with Gasteiger partial charge in [0, 0.05) is 16.8 Å². The summed E-state index contributed by atoms with van der Waals surface area (Å²) >= 11 is 0. The summed E-state index contributed by atoms with van der Waals surface area (Å²) in [6.45, 7) is 11.3. The van der Waals surface area contributed by atoms with Crippen LogP contribution in [0.4, 0.5) is 5.69 Å². The van der Waals surface area contributed by atoms with E-state index in [9.17, 15) is 4.79 Å². The standard InChI is InChI=1S/C22H28N2O2/c1-22(2,3)19-8-10-20(11-9-19)23-21(25)18-6-4-17(5-7-18)16-24-12-14-26-15-13-24/h4-11H,12-16H2,1-3H3,(H,23,25)/p+1. The molecule has 1 aliphatic rings. The number of quaternary nitrogens is 1. The van der Waals surface area contributed by atoms with Gasteiger partial charge in [-0.2, -0.15) is 0 Å². The Bertz CT molecular complexity index is 724. The summed E-state index contributed by atoms with van der Waals surface area (Å²) in [5, 5.41) is 2.98. The highest BCUT2D eigenvalue weighted by molar-refractivity contribution is 6.04. The van der Waals surface area contributed by atoms with E-state index in [0.29, 0.717) is 5.56 Å². The summed E-state index contributed by atoms with van der Waals surface area (Å²) in [7, 11) is 0. The molecule has 0 atom stereocenters. The molecule has 0 bridgehead atoms. The Labute approximate surface area is 156 Å². The number of rotatable bonds is 4. The summed E-state index contributed by atoms with van der Waals surface area (Å²) in [5.74, 6) is -0.0706. The number of ether oxygens (including phenoxy) is 1. The molecule has 1 fully saturated rings. The molecule has 2 aromatic carbocycles. The summed E-state index contributed by atoms with van der Waals surface area (Å²) in [4.78, 5) is 14.0. The van der Waals surface area contributed by atoms with Crippen LogP contribution in [0, 0.1) is 0 Å². The van der Waals surface area contributed by atoms with Gasteiger partial charge in [0.2, 0.25) is 0 Å². The van der Waals surface area contributed by atoms with E-state index in [2.05, 4.69) is 50.4 Å². The van der Waals surface area contributed by atoms with Crippen molar-refractivity contribution in [2.75, 3.05) is 31.6 Å². The maximum atomic E-state index is 12.5. The Kier molecular flexibility index (Phi) is 5.74. The van der Waals surface area contributed by atoms with Gasteiger partial charge in [0.05, 0.1) is 13.2 Å². The van der Waals surface area contributed by atoms with Crippen LogP contribution in [-0.2, 0) is 16.7 Å². The topological polar surface area (TPSA) is 42.8 Å². The van der Waals surface area contributed by atoms with Crippen molar-refractivity contribution in [2.45, 2.75) is 32.7 Å². The van der Waals surface area contributed by atoms with Crippen LogP contribution in [0.2, 0.25) is 0 Å². The molecule has 0 aromatic heterocycles. The van der Waals surface area contributed by atoms with Crippen LogP contribution < -0.4 is 10.2 Å². The van der Waals surface area contributed by atoms with Gasteiger partial charge in [-0.1, -0.05) is 45.0 Å². The van der Waals surface area contributed by atoms with Gasteiger partial charge in [-0.25, -0.2) is 0 Å². The largest absolute Gasteiger partial charge is 0.370 e. The van der Waals surface area contributed by atoms with E-state index in [-0.39, 0.29) is 11.3 Å². The van der Waals surface area contributed by atoms with Crippen LogP contribution in [0.3, 0.4) is 0 Å². The van der Waals surface area contributed by atoms with E-state index in [4.69, 9.17) is 4.74 Å². The number of carbonyl (C=O) groups is 1. The normalized spacial score (nSPS) is 15.7. The van der Waals surface area contributed by atoms with Crippen molar-refractivity contribution >= 4 is 11.6 Å². The van der Waals surface area contributed by atoms with Gasteiger partial charge in [0.1, 0.15) is 19.6 Å². The van der Waals surface area contributed by atoms with E-state index in [0.717, 1.165) is 38.5 Å². The molecule has 4 nitrogen and oxygen atoms in total. The number of anilines is 1. The SMILES string of the molecule is CC(C)(C)c1ccc(NC(=O)c2ccc(C[NH+]3CCOCC3)cc2)cc1. The molecular weight excluding hydrogens is 324 g/mol. The van der Waals surface area contributed by atoms with Gasteiger partial charge < -0.3 is 15.0 Å². The molecule has 4 heteroatoms. The third kappa shape index (κ3) is 4.93. The number of hydrogen-bond donors (Lipinski definition) is 2. The molecule has 138 valence electrons. The number of hydrogen-bond acceptors (Lipinski definition) is 2. The van der Waals surface area contributed by atoms with Crippen LogP contribution >= 0.6 is 0 Å². The second-order valence-corrected chi connectivity index (χ2v) is 8.02. The van der Waals surface area contributed by atoms with Crippen molar-refractivity contribution in [2.24, 2.45) is 0 Å². The van der Waals surface area contributed by atoms with E-state index in [1.807, 2.05) is 24.3 Å². The Morgan fingerprint density at radius 1 is 1.00 bits per heavy atom. The van der Waals surface area contributed by atoms with E-state index in [1.54, 1.807) is 0 Å². The average Bonchev–Trinajstić information content (AvgIpc) is 2.63. The fourth-order valence-electron chi connectivity index (χ4n) is 3.16. The molecule has 0 radical (unpaired) electrons. The molecule has 3 rings (SSSR count). The van der Waals surface area contributed by atoms with Gasteiger partial charge in [-0.3, -0.25) is 4.79 Å². The van der Waals surface area contributed by atoms with Crippen LogP contribution in [0.15, 0.2) is 48.5 Å². The quantitative estimate of drug-likeness (QED) is 0.887. The number of carbonyl (C=O) groups excluding carboxylic acids is 1. The summed E-state index contributed by atoms with van der Waals surface area (Å²) in [5.41, 5.74) is 4.13. The maximum absolute atomic E-state index is 12.5. The Balaban J connectivity index is 1.59.